The van der Waals surface area contributed by atoms with E-state index in [1.165, 1.54) is 12.3 Å². The van der Waals surface area contributed by atoms with Gasteiger partial charge in [0, 0.05) is 18.5 Å². The molecule has 0 fully saturated rings. The zero-order valence-electron chi connectivity index (χ0n) is 6.07. The summed E-state index contributed by atoms with van der Waals surface area (Å²) < 4.78 is 16.9. The van der Waals surface area contributed by atoms with Gasteiger partial charge in [-0.15, -0.1) is 0 Å². The summed E-state index contributed by atoms with van der Waals surface area (Å²) in [5, 5.41) is 0. The Balaban J connectivity index is 2.45. The van der Waals surface area contributed by atoms with E-state index in [0.717, 1.165) is 0 Å². The minimum Gasteiger partial charge on any atom is -0.439 e. The normalized spacial score (nSPS) is 10.1. The van der Waals surface area contributed by atoms with Gasteiger partial charge >= 0.3 is 0 Å². The van der Waals surface area contributed by atoms with Crippen molar-refractivity contribution in [3.05, 3.63) is 36.8 Å². The van der Waals surface area contributed by atoms with Crippen molar-refractivity contribution >= 4 is 0 Å². The van der Waals surface area contributed by atoms with Gasteiger partial charge in [0.05, 0.1) is 5.56 Å². The summed E-state index contributed by atoms with van der Waals surface area (Å²) in [6.07, 6.45) is 4.46. The molecule has 0 saturated carbocycles. The molecular formula is C8H5FN2O. The second-order valence-corrected chi connectivity index (χ2v) is 2.21. The summed E-state index contributed by atoms with van der Waals surface area (Å²) in [6.45, 7) is 0. The van der Waals surface area contributed by atoms with Crippen LogP contribution in [-0.2, 0) is 0 Å². The molecule has 60 valence electrons. The molecule has 0 aromatic carbocycles. The lowest BCUT2D eigenvalue weighted by Gasteiger charge is -1.90. The minimum absolute atomic E-state index is 0.463. The molecule has 0 aliphatic carbocycles. The highest BCUT2D eigenvalue weighted by molar-refractivity contribution is 5.51. The molecule has 0 bridgehead atoms. The number of halogens is 1. The van der Waals surface area contributed by atoms with E-state index < -0.39 is 6.01 Å². The van der Waals surface area contributed by atoms with Gasteiger partial charge < -0.3 is 4.42 Å². The summed E-state index contributed by atoms with van der Waals surface area (Å²) in [7, 11) is 0. The van der Waals surface area contributed by atoms with Crippen molar-refractivity contribution in [2.45, 2.75) is 0 Å². The van der Waals surface area contributed by atoms with E-state index in [-0.39, 0.29) is 0 Å². The Bertz CT molecular complexity index is 372. The van der Waals surface area contributed by atoms with E-state index in [2.05, 4.69) is 14.4 Å². The van der Waals surface area contributed by atoms with Crippen molar-refractivity contribution in [2.75, 3.05) is 0 Å². The summed E-state index contributed by atoms with van der Waals surface area (Å²) in [6, 6.07) is 2.31. The molecule has 2 rings (SSSR count). The molecule has 0 atom stereocenters. The lowest BCUT2D eigenvalue weighted by molar-refractivity contribution is 0.359. The molecular weight excluding hydrogens is 159 g/mol. The molecule has 0 amide bonds. The maximum Gasteiger partial charge on any atom is 0.278 e. The van der Waals surface area contributed by atoms with Gasteiger partial charge in [0.15, 0.2) is 5.82 Å². The van der Waals surface area contributed by atoms with E-state index in [1.807, 2.05) is 0 Å². The van der Waals surface area contributed by atoms with Crippen molar-refractivity contribution in [1.29, 1.82) is 0 Å². The minimum atomic E-state index is -0.627. The first kappa shape index (κ1) is 6.97. The molecule has 0 spiro atoms. The van der Waals surface area contributed by atoms with Crippen molar-refractivity contribution < 1.29 is 8.81 Å². The standard InChI is InChI=1S/C8H5FN2O/c9-7-4-6(5-12-7)8-10-2-1-3-11-8/h1-5H. The second kappa shape index (κ2) is 2.73. The molecule has 2 heterocycles. The molecule has 0 aliphatic heterocycles. The van der Waals surface area contributed by atoms with Gasteiger partial charge in [-0.1, -0.05) is 0 Å². The first-order valence-electron chi connectivity index (χ1n) is 3.38. The molecule has 0 radical (unpaired) electrons. The highest BCUT2D eigenvalue weighted by atomic mass is 19.1. The third kappa shape index (κ3) is 1.18. The third-order valence-electron chi connectivity index (χ3n) is 1.39. The fourth-order valence-corrected chi connectivity index (χ4v) is 0.875. The zero-order valence-corrected chi connectivity index (χ0v) is 6.07. The number of rotatable bonds is 1. The van der Waals surface area contributed by atoms with E-state index in [4.69, 9.17) is 0 Å². The molecule has 0 N–H and O–H groups in total. The Kier molecular flexibility index (Phi) is 1.59. The van der Waals surface area contributed by atoms with Crippen LogP contribution in [0.5, 0.6) is 0 Å². The molecule has 0 saturated heterocycles. The first-order chi connectivity index (χ1) is 5.86. The van der Waals surface area contributed by atoms with Crippen LogP contribution in [0.1, 0.15) is 0 Å². The van der Waals surface area contributed by atoms with E-state index in [1.54, 1.807) is 18.5 Å². The Morgan fingerprint density at radius 1 is 1.25 bits per heavy atom. The first-order valence-corrected chi connectivity index (χ1v) is 3.38. The predicted octanol–water partition coefficient (Wildman–Crippen LogP) is 1.88. The van der Waals surface area contributed by atoms with Crippen LogP contribution in [0, 0.1) is 6.01 Å². The largest absolute Gasteiger partial charge is 0.439 e. The second-order valence-electron chi connectivity index (χ2n) is 2.21. The smallest absolute Gasteiger partial charge is 0.278 e. The van der Waals surface area contributed by atoms with Crippen molar-refractivity contribution in [2.24, 2.45) is 0 Å². The van der Waals surface area contributed by atoms with Gasteiger partial charge in [-0.2, -0.15) is 4.39 Å². The monoisotopic (exact) mass is 164 g/mol. The Hall–Kier alpha value is -1.71. The summed E-state index contributed by atoms with van der Waals surface area (Å²) >= 11 is 0. The number of hydrogen-bond acceptors (Lipinski definition) is 3. The van der Waals surface area contributed by atoms with Crippen molar-refractivity contribution in [3.8, 4) is 11.4 Å². The average Bonchev–Trinajstić information content (AvgIpc) is 2.54. The molecule has 4 heteroatoms. The molecule has 12 heavy (non-hydrogen) atoms. The quantitative estimate of drug-likeness (QED) is 0.645. The van der Waals surface area contributed by atoms with Gasteiger partial charge in [-0.3, -0.25) is 0 Å². The Labute approximate surface area is 67.9 Å². The highest BCUT2D eigenvalue weighted by Crippen LogP contribution is 2.15. The third-order valence-corrected chi connectivity index (χ3v) is 1.39. The molecule has 0 unspecified atom stereocenters. The van der Waals surface area contributed by atoms with Gasteiger partial charge in [0.25, 0.3) is 6.01 Å². The van der Waals surface area contributed by atoms with Crippen LogP contribution in [0.2, 0.25) is 0 Å². The van der Waals surface area contributed by atoms with Crippen LogP contribution < -0.4 is 0 Å². The lowest BCUT2D eigenvalue weighted by atomic mass is 10.3. The van der Waals surface area contributed by atoms with Crippen molar-refractivity contribution in [1.82, 2.24) is 9.97 Å². The van der Waals surface area contributed by atoms with Crippen LogP contribution in [0.25, 0.3) is 11.4 Å². The van der Waals surface area contributed by atoms with Crippen LogP contribution >= 0.6 is 0 Å². The summed E-state index contributed by atoms with van der Waals surface area (Å²) in [5.74, 6) is 0.463. The van der Waals surface area contributed by atoms with Gasteiger partial charge in [-0.25, -0.2) is 9.97 Å². The summed E-state index contributed by atoms with van der Waals surface area (Å²) in [5.41, 5.74) is 0.549. The van der Waals surface area contributed by atoms with Crippen LogP contribution in [0.3, 0.4) is 0 Å². The van der Waals surface area contributed by atoms with Gasteiger partial charge in [-0.05, 0) is 6.07 Å². The molecule has 0 aliphatic rings. The maximum atomic E-state index is 12.4. The van der Waals surface area contributed by atoms with Crippen LogP contribution in [0.4, 0.5) is 4.39 Å². The SMILES string of the molecule is Fc1cc(-c2ncccn2)co1. The fourth-order valence-electron chi connectivity index (χ4n) is 0.875. The van der Waals surface area contributed by atoms with Crippen LogP contribution in [-0.4, -0.2) is 9.97 Å². The fraction of sp³-hybridized carbons (Fsp3) is 0. The molecule has 2 aromatic rings. The zero-order chi connectivity index (χ0) is 8.39. The molecule has 3 nitrogen and oxygen atoms in total. The van der Waals surface area contributed by atoms with Gasteiger partial charge in [0.2, 0.25) is 0 Å². The number of hydrogen-bond donors (Lipinski definition) is 0. The van der Waals surface area contributed by atoms with Crippen molar-refractivity contribution in [3.63, 3.8) is 0 Å². The highest BCUT2D eigenvalue weighted by Gasteiger charge is 2.04. The summed E-state index contributed by atoms with van der Waals surface area (Å²) in [4.78, 5) is 7.85. The number of aromatic nitrogens is 2. The van der Waals surface area contributed by atoms with E-state index in [9.17, 15) is 4.39 Å². The van der Waals surface area contributed by atoms with Gasteiger partial charge in [0.1, 0.15) is 6.26 Å². The van der Waals surface area contributed by atoms with E-state index >= 15 is 0 Å². The number of furan rings is 1. The topological polar surface area (TPSA) is 38.9 Å². The lowest BCUT2D eigenvalue weighted by Crippen LogP contribution is -1.83. The average molecular weight is 164 g/mol. The predicted molar refractivity (Wildman–Crippen MR) is 39.7 cm³/mol. The maximum absolute atomic E-state index is 12.4. The van der Waals surface area contributed by atoms with E-state index in [0.29, 0.717) is 11.4 Å². The molecule has 2 aromatic heterocycles. The number of nitrogens with zero attached hydrogens (tertiary/aromatic N) is 2. The Morgan fingerprint density at radius 2 is 2.00 bits per heavy atom. The Morgan fingerprint density at radius 3 is 2.58 bits per heavy atom. The van der Waals surface area contributed by atoms with Crippen LogP contribution in [0.15, 0.2) is 35.2 Å².